The van der Waals surface area contributed by atoms with Gasteiger partial charge in [0.2, 0.25) is 5.88 Å². The van der Waals surface area contributed by atoms with Gasteiger partial charge in [0.05, 0.1) is 26.4 Å². The van der Waals surface area contributed by atoms with Crippen molar-refractivity contribution >= 4 is 5.96 Å². The molecule has 1 saturated heterocycles. The standard InChI is InChI=1S/C20H33N5O2/c1-3-21-20(23-13-16(2)25-8-10-26-11-9-25)24-14-18-6-7-22-19(12-18)27-15-17-4-5-17/h6-7,12,16-17H,3-5,8-11,13-15H2,1-2H3,(H2,21,23,24). The maximum absolute atomic E-state index is 5.76. The van der Waals surface area contributed by atoms with Crippen molar-refractivity contribution in [3.8, 4) is 5.88 Å². The molecule has 7 nitrogen and oxygen atoms in total. The molecule has 0 aromatic carbocycles. The molecule has 150 valence electrons. The third kappa shape index (κ3) is 6.99. The van der Waals surface area contributed by atoms with Gasteiger partial charge in [-0.25, -0.2) is 9.98 Å². The first-order valence-electron chi connectivity index (χ1n) is 10.2. The number of aliphatic imine (C=N–C) groups is 1. The van der Waals surface area contributed by atoms with Crippen LogP contribution in [0.2, 0.25) is 0 Å². The molecule has 1 aromatic heterocycles. The Hall–Kier alpha value is -1.86. The normalized spacial score (nSPS) is 19.6. The molecule has 1 saturated carbocycles. The third-order valence-electron chi connectivity index (χ3n) is 4.96. The van der Waals surface area contributed by atoms with E-state index in [1.165, 1.54) is 12.8 Å². The number of hydrogen-bond acceptors (Lipinski definition) is 5. The van der Waals surface area contributed by atoms with Crippen LogP contribution in [0.4, 0.5) is 0 Å². The number of morpholine rings is 1. The van der Waals surface area contributed by atoms with Crippen molar-refractivity contribution in [3.63, 3.8) is 0 Å². The zero-order valence-corrected chi connectivity index (χ0v) is 16.6. The van der Waals surface area contributed by atoms with E-state index in [4.69, 9.17) is 14.5 Å². The van der Waals surface area contributed by atoms with E-state index in [0.29, 0.717) is 18.5 Å². The number of ether oxygens (including phenoxy) is 2. The lowest BCUT2D eigenvalue weighted by Crippen LogP contribution is -2.49. The summed E-state index contributed by atoms with van der Waals surface area (Å²) in [4.78, 5) is 11.5. The van der Waals surface area contributed by atoms with E-state index >= 15 is 0 Å². The van der Waals surface area contributed by atoms with E-state index < -0.39 is 0 Å². The second kappa shape index (κ2) is 10.5. The minimum absolute atomic E-state index is 0.445. The Labute approximate surface area is 162 Å². The van der Waals surface area contributed by atoms with Crippen molar-refractivity contribution in [2.24, 2.45) is 10.9 Å². The minimum atomic E-state index is 0.445. The first kappa shape index (κ1) is 19.9. The molecule has 1 atom stereocenters. The van der Waals surface area contributed by atoms with Crippen LogP contribution in [-0.2, 0) is 11.3 Å². The zero-order valence-electron chi connectivity index (χ0n) is 16.6. The first-order valence-corrected chi connectivity index (χ1v) is 10.2. The van der Waals surface area contributed by atoms with Crippen LogP contribution in [0.15, 0.2) is 23.3 Å². The van der Waals surface area contributed by atoms with Crippen molar-refractivity contribution in [2.45, 2.75) is 39.3 Å². The van der Waals surface area contributed by atoms with Crippen LogP contribution < -0.4 is 15.4 Å². The maximum Gasteiger partial charge on any atom is 0.213 e. The summed E-state index contributed by atoms with van der Waals surface area (Å²) < 4.78 is 11.2. The summed E-state index contributed by atoms with van der Waals surface area (Å²) in [6.07, 6.45) is 4.36. The predicted octanol–water partition coefficient (Wildman–Crippen LogP) is 1.65. The lowest BCUT2D eigenvalue weighted by Gasteiger charge is -2.32. The summed E-state index contributed by atoms with van der Waals surface area (Å²) in [7, 11) is 0. The molecule has 0 radical (unpaired) electrons. The molecule has 2 heterocycles. The van der Waals surface area contributed by atoms with Crippen LogP contribution in [0.1, 0.15) is 32.3 Å². The molecule has 2 N–H and O–H groups in total. The van der Waals surface area contributed by atoms with Crippen LogP contribution in [0.3, 0.4) is 0 Å². The Bertz CT molecular complexity index is 600. The molecule has 3 rings (SSSR count). The predicted molar refractivity (Wildman–Crippen MR) is 107 cm³/mol. The summed E-state index contributed by atoms with van der Waals surface area (Å²) in [5, 5.41) is 6.78. The zero-order chi connectivity index (χ0) is 18.9. The maximum atomic E-state index is 5.76. The van der Waals surface area contributed by atoms with E-state index in [2.05, 4.69) is 34.4 Å². The van der Waals surface area contributed by atoms with Gasteiger partial charge in [-0.2, -0.15) is 0 Å². The van der Waals surface area contributed by atoms with Gasteiger partial charge < -0.3 is 20.1 Å². The number of pyridine rings is 1. The average Bonchev–Trinajstić information content (AvgIpc) is 3.54. The van der Waals surface area contributed by atoms with Gasteiger partial charge in [-0.1, -0.05) is 0 Å². The Morgan fingerprint density at radius 3 is 2.93 bits per heavy atom. The quantitative estimate of drug-likeness (QED) is 0.505. The van der Waals surface area contributed by atoms with Crippen LogP contribution in [-0.4, -0.2) is 67.9 Å². The summed E-state index contributed by atoms with van der Waals surface area (Å²) in [5.41, 5.74) is 1.11. The van der Waals surface area contributed by atoms with Crippen molar-refractivity contribution in [3.05, 3.63) is 23.9 Å². The molecule has 1 aromatic rings. The minimum Gasteiger partial charge on any atom is -0.477 e. The van der Waals surface area contributed by atoms with E-state index in [-0.39, 0.29) is 0 Å². The molecule has 2 fully saturated rings. The van der Waals surface area contributed by atoms with E-state index in [0.717, 1.165) is 63.4 Å². The summed E-state index contributed by atoms with van der Waals surface area (Å²) in [6, 6.07) is 4.43. The highest BCUT2D eigenvalue weighted by Gasteiger charge is 2.22. The highest BCUT2D eigenvalue weighted by Crippen LogP contribution is 2.29. The number of nitrogens with one attached hydrogen (secondary N) is 2. The highest BCUT2D eigenvalue weighted by molar-refractivity contribution is 5.79. The smallest absolute Gasteiger partial charge is 0.213 e. The molecular weight excluding hydrogens is 342 g/mol. The fourth-order valence-corrected chi connectivity index (χ4v) is 3.02. The van der Waals surface area contributed by atoms with Gasteiger partial charge in [0, 0.05) is 44.5 Å². The highest BCUT2D eigenvalue weighted by atomic mass is 16.5. The van der Waals surface area contributed by atoms with Gasteiger partial charge in [0.25, 0.3) is 0 Å². The topological polar surface area (TPSA) is 71.0 Å². The summed E-state index contributed by atoms with van der Waals surface area (Å²) >= 11 is 0. The van der Waals surface area contributed by atoms with E-state index in [1.807, 2.05) is 12.1 Å². The Morgan fingerprint density at radius 2 is 2.19 bits per heavy atom. The SMILES string of the molecule is CCNC(=NCc1ccnc(OCC2CC2)c1)NCC(C)N1CCOCC1. The second-order valence-corrected chi connectivity index (χ2v) is 7.33. The molecule has 1 unspecified atom stereocenters. The van der Waals surface area contributed by atoms with E-state index in [9.17, 15) is 0 Å². The van der Waals surface area contributed by atoms with Gasteiger partial charge in [0.15, 0.2) is 5.96 Å². The van der Waals surface area contributed by atoms with E-state index in [1.54, 1.807) is 6.20 Å². The molecule has 1 aliphatic heterocycles. The third-order valence-corrected chi connectivity index (χ3v) is 4.96. The average molecular weight is 376 g/mol. The molecule has 27 heavy (non-hydrogen) atoms. The van der Waals surface area contributed by atoms with Crippen molar-refractivity contribution in [2.75, 3.05) is 46.0 Å². The molecule has 7 heteroatoms. The Kier molecular flexibility index (Phi) is 7.71. The van der Waals surface area contributed by atoms with Gasteiger partial charge >= 0.3 is 0 Å². The van der Waals surface area contributed by atoms with Gasteiger partial charge in [0.1, 0.15) is 0 Å². The lowest BCUT2D eigenvalue weighted by atomic mass is 10.2. The van der Waals surface area contributed by atoms with Crippen LogP contribution in [0.5, 0.6) is 5.88 Å². The molecule has 2 aliphatic rings. The molecule has 1 aliphatic carbocycles. The van der Waals surface area contributed by atoms with Gasteiger partial charge in [-0.3, -0.25) is 4.90 Å². The molecule has 0 amide bonds. The molecular formula is C20H33N5O2. The number of nitrogens with zero attached hydrogens (tertiary/aromatic N) is 3. The van der Waals surface area contributed by atoms with Crippen LogP contribution in [0.25, 0.3) is 0 Å². The number of aromatic nitrogens is 1. The van der Waals surface area contributed by atoms with Crippen molar-refractivity contribution in [1.82, 2.24) is 20.5 Å². The Morgan fingerprint density at radius 1 is 1.37 bits per heavy atom. The Balaban J connectivity index is 1.49. The van der Waals surface area contributed by atoms with Gasteiger partial charge in [-0.05, 0) is 44.2 Å². The largest absolute Gasteiger partial charge is 0.477 e. The summed E-state index contributed by atoms with van der Waals surface area (Å²) in [6.45, 7) is 11.0. The molecule has 0 bridgehead atoms. The van der Waals surface area contributed by atoms with Crippen molar-refractivity contribution < 1.29 is 9.47 Å². The number of rotatable bonds is 9. The first-order chi connectivity index (χ1) is 13.2. The fourth-order valence-electron chi connectivity index (χ4n) is 3.02. The molecule has 0 spiro atoms. The van der Waals surface area contributed by atoms with Crippen molar-refractivity contribution in [1.29, 1.82) is 0 Å². The monoisotopic (exact) mass is 375 g/mol. The lowest BCUT2D eigenvalue weighted by molar-refractivity contribution is 0.0211. The van der Waals surface area contributed by atoms with Crippen LogP contribution >= 0.6 is 0 Å². The second-order valence-electron chi connectivity index (χ2n) is 7.33. The number of guanidine groups is 1. The van der Waals surface area contributed by atoms with Crippen LogP contribution in [0, 0.1) is 5.92 Å². The van der Waals surface area contributed by atoms with Gasteiger partial charge in [-0.15, -0.1) is 0 Å². The summed E-state index contributed by atoms with van der Waals surface area (Å²) in [5.74, 6) is 2.27. The number of hydrogen-bond donors (Lipinski definition) is 2. The fraction of sp³-hybridized carbons (Fsp3) is 0.700.